The Balaban J connectivity index is 2.11. The SMILES string of the molecule is CC(C)NC1CCN(c2ccc(C(C)(C)C)cc2)C1=O. The first-order valence-corrected chi connectivity index (χ1v) is 7.47. The first-order chi connectivity index (χ1) is 9.29. The maximum Gasteiger partial charge on any atom is 0.244 e. The molecular weight excluding hydrogens is 248 g/mol. The first kappa shape index (κ1) is 15.0. The molecule has 1 N–H and O–H groups in total. The largest absolute Gasteiger partial charge is 0.311 e. The van der Waals surface area contributed by atoms with Gasteiger partial charge in [0.25, 0.3) is 0 Å². The van der Waals surface area contributed by atoms with E-state index in [-0.39, 0.29) is 17.4 Å². The zero-order chi connectivity index (χ0) is 14.9. The Morgan fingerprint density at radius 1 is 1.20 bits per heavy atom. The molecule has 1 aromatic rings. The molecule has 0 radical (unpaired) electrons. The van der Waals surface area contributed by atoms with Crippen molar-refractivity contribution >= 4 is 11.6 Å². The zero-order valence-electron chi connectivity index (χ0n) is 13.2. The molecule has 1 saturated heterocycles. The number of nitrogens with zero attached hydrogens (tertiary/aromatic N) is 1. The molecule has 20 heavy (non-hydrogen) atoms. The smallest absolute Gasteiger partial charge is 0.244 e. The van der Waals surface area contributed by atoms with Crippen LogP contribution in [0.2, 0.25) is 0 Å². The van der Waals surface area contributed by atoms with Crippen LogP contribution in [-0.4, -0.2) is 24.5 Å². The van der Waals surface area contributed by atoms with Crippen molar-refractivity contribution in [3.05, 3.63) is 29.8 Å². The highest BCUT2D eigenvalue weighted by Crippen LogP contribution is 2.27. The Morgan fingerprint density at radius 2 is 1.80 bits per heavy atom. The minimum Gasteiger partial charge on any atom is -0.311 e. The maximum absolute atomic E-state index is 12.4. The molecule has 0 aromatic heterocycles. The van der Waals surface area contributed by atoms with E-state index in [0.29, 0.717) is 6.04 Å². The van der Waals surface area contributed by atoms with Gasteiger partial charge in [0, 0.05) is 18.3 Å². The Kier molecular flexibility index (Phi) is 4.19. The lowest BCUT2D eigenvalue weighted by atomic mass is 9.87. The predicted octanol–water partition coefficient (Wildman–Crippen LogP) is 3.09. The van der Waals surface area contributed by atoms with E-state index in [4.69, 9.17) is 0 Å². The second-order valence-electron chi connectivity index (χ2n) is 6.95. The summed E-state index contributed by atoms with van der Waals surface area (Å²) in [5.41, 5.74) is 2.45. The first-order valence-electron chi connectivity index (χ1n) is 7.47. The number of hydrogen-bond donors (Lipinski definition) is 1. The van der Waals surface area contributed by atoms with E-state index in [2.05, 4.69) is 64.2 Å². The second-order valence-corrected chi connectivity index (χ2v) is 6.95. The van der Waals surface area contributed by atoms with E-state index in [9.17, 15) is 4.79 Å². The van der Waals surface area contributed by atoms with E-state index >= 15 is 0 Å². The number of carbonyl (C=O) groups excluding carboxylic acids is 1. The molecule has 1 heterocycles. The fraction of sp³-hybridized carbons (Fsp3) is 0.588. The molecule has 1 unspecified atom stereocenters. The van der Waals surface area contributed by atoms with Crippen molar-refractivity contribution in [3.63, 3.8) is 0 Å². The number of carbonyl (C=O) groups is 1. The van der Waals surface area contributed by atoms with Gasteiger partial charge in [-0.25, -0.2) is 0 Å². The monoisotopic (exact) mass is 274 g/mol. The average molecular weight is 274 g/mol. The number of nitrogens with one attached hydrogen (secondary N) is 1. The summed E-state index contributed by atoms with van der Waals surface area (Å²) in [5.74, 6) is 0.196. The van der Waals surface area contributed by atoms with E-state index in [1.807, 2.05) is 4.90 Å². The summed E-state index contributed by atoms with van der Waals surface area (Å²) in [4.78, 5) is 14.3. The summed E-state index contributed by atoms with van der Waals surface area (Å²) in [6.45, 7) is 11.6. The highest BCUT2D eigenvalue weighted by molar-refractivity contribution is 5.99. The summed E-state index contributed by atoms with van der Waals surface area (Å²) >= 11 is 0. The quantitative estimate of drug-likeness (QED) is 0.918. The molecule has 1 atom stereocenters. The molecule has 1 aliphatic heterocycles. The Morgan fingerprint density at radius 3 is 2.30 bits per heavy atom. The lowest BCUT2D eigenvalue weighted by Crippen LogP contribution is -2.41. The molecule has 1 aliphatic rings. The van der Waals surface area contributed by atoms with Gasteiger partial charge in [0.2, 0.25) is 5.91 Å². The van der Waals surface area contributed by atoms with Crippen molar-refractivity contribution in [1.82, 2.24) is 5.32 Å². The predicted molar refractivity (Wildman–Crippen MR) is 84.2 cm³/mol. The molecule has 0 aliphatic carbocycles. The van der Waals surface area contributed by atoms with Gasteiger partial charge in [-0.15, -0.1) is 0 Å². The van der Waals surface area contributed by atoms with Crippen LogP contribution in [0.3, 0.4) is 0 Å². The second kappa shape index (κ2) is 5.57. The van der Waals surface area contributed by atoms with Crippen molar-refractivity contribution in [1.29, 1.82) is 0 Å². The number of hydrogen-bond acceptors (Lipinski definition) is 2. The van der Waals surface area contributed by atoms with Crippen LogP contribution < -0.4 is 10.2 Å². The molecule has 0 bridgehead atoms. The minimum atomic E-state index is -0.0303. The van der Waals surface area contributed by atoms with Crippen molar-refractivity contribution in [2.75, 3.05) is 11.4 Å². The van der Waals surface area contributed by atoms with Crippen LogP contribution in [0.25, 0.3) is 0 Å². The summed E-state index contributed by atoms with van der Waals surface area (Å²) < 4.78 is 0. The summed E-state index contributed by atoms with van der Waals surface area (Å²) in [7, 11) is 0. The van der Waals surface area contributed by atoms with E-state index in [1.165, 1.54) is 5.56 Å². The zero-order valence-corrected chi connectivity index (χ0v) is 13.2. The van der Waals surface area contributed by atoms with Gasteiger partial charge in [-0.05, 0) is 29.5 Å². The van der Waals surface area contributed by atoms with Crippen LogP contribution in [0.5, 0.6) is 0 Å². The molecular formula is C17H26N2O. The van der Waals surface area contributed by atoms with E-state index in [0.717, 1.165) is 18.7 Å². The third-order valence-electron chi connectivity index (χ3n) is 3.79. The van der Waals surface area contributed by atoms with Crippen LogP contribution in [0.15, 0.2) is 24.3 Å². The van der Waals surface area contributed by atoms with Crippen molar-refractivity contribution in [3.8, 4) is 0 Å². The third-order valence-corrected chi connectivity index (χ3v) is 3.79. The topological polar surface area (TPSA) is 32.3 Å². The van der Waals surface area contributed by atoms with Crippen LogP contribution in [0.1, 0.15) is 46.6 Å². The molecule has 3 heteroatoms. The van der Waals surface area contributed by atoms with Crippen molar-refractivity contribution < 1.29 is 4.79 Å². The maximum atomic E-state index is 12.4. The van der Waals surface area contributed by atoms with Crippen LogP contribution in [0.4, 0.5) is 5.69 Å². The minimum absolute atomic E-state index is 0.0303. The van der Waals surface area contributed by atoms with Gasteiger partial charge in [-0.2, -0.15) is 0 Å². The van der Waals surface area contributed by atoms with Crippen LogP contribution in [0, 0.1) is 0 Å². The standard InChI is InChI=1S/C17H26N2O/c1-12(2)18-15-10-11-19(16(15)20)14-8-6-13(7-9-14)17(3,4)5/h6-9,12,15,18H,10-11H2,1-5H3. The Labute approximate surface area is 122 Å². The molecule has 110 valence electrons. The third kappa shape index (κ3) is 3.21. The van der Waals surface area contributed by atoms with Crippen LogP contribution in [-0.2, 0) is 10.2 Å². The fourth-order valence-corrected chi connectivity index (χ4v) is 2.63. The summed E-state index contributed by atoms with van der Waals surface area (Å²) in [5, 5.41) is 3.34. The van der Waals surface area contributed by atoms with Gasteiger partial charge < -0.3 is 10.2 Å². The van der Waals surface area contributed by atoms with Gasteiger partial charge in [-0.1, -0.05) is 46.8 Å². The van der Waals surface area contributed by atoms with E-state index in [1.54, 1.807) is 0 Å². The summed E-state index contributed by atoms with van der Waals surface area (Å²) in [6, 6.07) is 8.70. The molecule has 0 spiro atoms. The number of anilines is 1. The number of rotatable bonds is 3. The number of amides is 1. The van der Waals surface area contributed by atoms with Gasteiger partial charge in [0.15, 0.2) is 0 Å². The normalized spacial score (nSPS) is 20.0. The Hall–Kier alpha value is -1.35. The molecule has 2 rings (SSSR count). The average Bonchev–Trinajstić information content (AvgIpc) is 2.69. The molecule has 3 nitrogen and oxygen atoms in total. The summed E-state index contributed by atoms with van der Waals surface area (Å²) in [6.07, 6.45) is 0.887. The molecule has 1 aromatic carbocycles. The molecule has 1 fully saturated rings. The van der Waals surface area contributed by atoms with Crippen LogP contribution >= 0.6 is 0 Å². The number of benzene rings is 1. The van der Waals surface area contributed by atoms with Gasteiger partial charge in [0.05, 0.1) is 6.04 Å². The van der Waals surface area contributed by atoms with Crippen molar-refractivity contribution in [2.45, 2.75) is 58.5 Å². The molecule has 0 saturated carbocycles. The van der Waals surface area contributed by atoms with Gasteiger partial charge in [-0.3, -0.25) is 4.79 Å². The van der Waals surface area contributed by atoms with Gasteiger partial charge >= 0.3 is 0 Å². The lowest BCUT2D eigenvalue weighted by Gasteiger charge is -2.22. The highest BCUT2D eigenvalue weighted by atomic mass is 16.2. The van der Waals surface area contributed by atoms with E-state index < -0.39 is 0 Å². The Bertz CT molecular complexity index is 471. The highest BCUT2D eigenvalue weighted by Gasteiger charge is 2.32. The molecule has 1 amide bonds. The fourth-order valence-electron chi connectivity index (χ4n) is 2.63. The van der Waals surface area contributed by atoms with Crippen molar-refractivity contribution in [2.24, 2.45) is 0 Å². The lowest BCUT2D eigenvalue weighted by molar-refractivity contribution is -0.118. The van der Waals surface area contributed by atoms with Gasteiger partial charge in [0.1, 0.15) is 0 Å².